The minimum Gasteiger partial charge on any atom is -0.307 e. The van der Waals surface area contributed by atoms with Crippen molar-refractivity contribution in [3.05, 3.63) is 77.0 Å². The number of rotatable bonds is 6. The predicted octanol–water partition coefficient (Wildman–Crippen LogP) is 4.36. The van der Waals surface area contributed by atoms with Gasteiger partial charge in [0, 0.05) is 24.2 Å². The average molecular weight is 467 g/mol. The topological polar surface area (TPSA) is 84.3 Å². The van der Waals surface area contributed by atoms with Gasteiger partial charge in [0.2, 0.25) is 10.0 Å². The van der Waals surface area contributed by atoms with E-state index in [1.54, 1.807) is 28.0 Å². The standard InChI is InChI=1S/C25H30N4O3S/c1-18-12-13-22(33(31,32)29-14-8-7-9-20(29)3)16-23(18)25(30)26-24-15-19(2)27-28(24)17-21-10-5-4-6-11-21/h4-6,10-13,15-16,20H,7-9,14,17H2,1-3H3,(H,26,30). The number of nitrogens with zero attached hydrogens (tertiary/aromatic N) is 3. The second-order valence-corrected chi connectivity index (χ2v) is 10.6. The van der Waals surface area contributed by atoms with Gasteiger partial charge >= 0.3 is 0 Å². The molecule has 0 radical (unpaired) electrons. The van der Waals surface area contributed by atoms with E-state index in [1.165, 1.54) is 6.07 Å². The fourth-order valence-corrected chi connectivity index (χ4v) is 6.00. The molecule has 1 amide bonds. The minimum absolute atomic E-state index is 0.0438. The van der Waals surface area contributed by atoms with Crippen LogP contribution in [0.2, 0.25) is 0 Å². The van der Waals surface area contributed by atoms with Crippen molar-refractivity contribution in [1.82, 2.24) is 14.1 Å². The van der Waals surface area contributed by atoms with Crippen LogP contribution in [0.15, 0.2) is 59.5 Å². The van der Waals surface area contributed by atoms with Gasteiger partial charge in [0.1, 0.15) is 5.82 Å². The summed E-state index contributed by atoms with van der Waals surface area (Å²) in [6.45, 7) is 6.65. The summed E-state index contributed by atoms with van der Waals surface area (Å²) in [7, 11) is -3.67. The quantitative estimate of drug-likeness (QED) is 0.585. The molecule has 2 heterocycles. The highest BCUT2D eigenvalue weighted by molar-refractivity contribution is 7.89. The lowest BCUT2D eigenvalue weighted by atomic mass is 10.1. The highest BCUT2D eigenvalue weighted by Crippen LogP contribution is 2.27. The molecular weight excluding hydrogens is 436 g/mol. The molecule has 8 heteroatoms. The van der Waals surface area contributed by atoms with E-state index in [9.17, 15) is 13.2 Å². The van der Waals surface area contributed by atoms with Crippen molar-refractivity contribution in [1.29, 1.82) is 0 Å². The summed E-state index contributed by atoms with van der Waals surface area (Å²) in [5.74, 6) is 0.212. The Kier molecular flexibility index (Phi) is 6.67. The molecule has 1 unspecified atom stereocenters. The second kappa shape index (κ2) is 9.49. The third-order valence-electron chi connectivity index (χ3n) is 6.12. The molecule has 7 nitrogen and oxygen atoms in total. The number of amides is 1. The fourth-order valence-electron chi connectivity index (χ4n) is 4.28. The summed E-state index contributed by atoms with van der Waals surface area (Å²) in [6.07, 6.45) is 2.74. The van der Waals surface area contributed by atoms with E-state index in [0.717, 1.165) is 30.5 Å². The van der Waals surface area contributed by atoms with E-state index in [-0.39, 0.29) is 16.8 Å². The molecule has 0 saturated carbocycles. The van der Waals surface area contributed by atoms with Crippen molar-refractivity contribution < 1.29 is 13.2 Å². The Bertz CT molecular complexity index is 1250. The summed E-state index contributed by atoms with van der Waals surface area (Å²) >= 11 is 0. The highest BCUT2D eigenvalue weighted by Gasteiger charge is 2.31. The second-order valence-electron chi connectivity index (χ2n) is 8.71. The first-order valence-corrected chi connectivity index (χ1v) is 12.7. The number of hydrogen-bond acceptors (Lipinski definition) is 4. The van der Waals surface area contributed by atoms with Gasteiger partial charge in [-0.1, -0.05) is 42.8 Å². The summed E-state index contributed by atoms with van der Waals surface area (Å²) in [5, 5.41) is 7.43. The van der Waals surface area contributed by atoms with E-state index < -0.39 is 10.0 Å². The number of aryl methyl sites for hydroxylation is 2. The number of nitrogens with one attached hydrogen (secondary N) is 1. The predicted molar refractivity (Wildman–Crippen MR) is 129 cm³/mol. The van der Waals surface area contributed by atoms with Crippen LogP contribution in [0.25, 0.3) is 0 Å². The molecule has 0 bridgehead atoms. The van der Waals surface area contributed by atoms with Crippen LogP contribution in [0, 0.1) is 13.8 Å². The van der Waals surface area contributed by atoms with Gasteiger partial charge in [0.15, 0.2) is 0 Å². The van der Waals surface area contributed by atoms with Crippen LogP contribution >= 0.6 is 0 Å². The third kappa shape index (κ3) is 5.02. The molecule has 174 valence electrons. The van der Waals surface area contributed by atoms with Gasteiger partial charge in [0.25, 0.3) is 5.91 Å². The molecule has 1 aliphatic rings. The summed E-state index contributed by atoms with van der Waals surface area (Å²) < 4.78 is 29.9. The number of hydrogen-bond donors (Lipinski definition) is 1. The van der Waals surface area contributed by atoms with Crippen molar-refractivity contribution in [3.63, 3.8) is 0 Å². The lowest BCUT2D eigenvalue weighted by molar-refractivity contribution is 0.102. The smallest absolute Gasteiger partial charge is 0.257 e. The lowest BCUT2D eigenvalue weighted by Crippen LogP contribution is -2.42. The first-order valence-electron chi connectivity index (χ1n) is 11.3. The van der Waals surface area contributed by atoms with E-state index in [1.807, 2.05) is 50.2 Å². The monoisotopic (exact) mass is 466 g/mol. The molecule has 4 rings (SSSR count). The molecule has 1 fully saturated rings. The molecule has 33 heavy (non-hydrogen) atoms. The number of anilines is 1. The first kappa shape index (κ1) is 23.2. The van der Waals surface area contributed by atoms with Crippen LogP contribution < -0.4 is 5.32 Å². The molecule has 1 aliphatic heterocycles. The van der Waals surface area contributed by atoms with Crippen LogP contribution in [0.1, 0.15) is 53.4 Å². The number of piperidine rings is 1. The Hall–Kier alpha value is -2.97. The Morgan fingerprint density at radius 1 is 1.09 bits per heavy atom. The summed E-state index contributed by atoms with van der Waals surface area (Å²) in [6, 6.07) is 16.4. The van der Waals surface area contributed by atoms with Crippen molar-refractivity contribution in [2.75, 3.05) is 11.9 Å². The van der Waals surface area contributed by atoms with Gasteiger partial charge in [-0.3, -0.25) is 4.79 Å². The van der Waals surface area contributed by atoms with Crippen molar-refractivity contribution in [2.24, 2.45) is 0 Å². The van der Waals surface area contributed by atoms with Crippen molar-refractivity contribution in [2.45, 2.75) is 57.5 Å². The number of carbonyl (C=O) groups is 1. The Labute approximate surface area is 195 Å². The molecule has 3 aromatic rings. The summed E-state index contributed by atoms with van der Waals surface area (Å²) in [4.78, 5) is 13.4. The zero-order valence-electron chi connectivity index (χ0n) is 19.3. The molecule has 0 aliphatic carbocycles. The normalized spacial score (nSPS) is 17.1. The van der Waals surface area contributed by atoms with Gasteiger partial charge in [-0.15, -0.1) is 0 Å². The van der Waals surface area contributed by atoms with Crippen LogP contribution in [0.4, 0.5) is 5.82 Å². The van der Waals surface area contributed by atoms with Gasteiger partial charge < -0.3 is 5.32 Å². The Balaban J connectivity index is 1.60. The molecule has 1 saturated heterocycles. The zero-order chi connectivity index (χ0) is 23.6. The molecule has 1 N–H and O–H groups in total. The Morgan fingerprint density at radius 3 is 2.58 bits per heavy atom. The maximum atomic E-state index is 13.3. The van der Waals surface area contributed by atoms with Crippen LogP contribution in [0.3, 0.4) is 0 Å². The fraction of sp³-hybridized carbons (Fsp3) is 0.360. The zero-order valence-corrected chi connectivity index (χ0v) is 20.1. The Morgan fingerprint density at radius 2 is 1.85 bits per heavy atom. The van der Waals surface area contributed by atoms with E-state index >= 15 is 0 Å². The van der Waals surface area contributed by atoms with Crippen LogP contribution in [-0.4, -0.2) is 41.0 Å². The maximum Gasteiger partial charge on any atom is 0.257 e. The number of sulfonamides is 1. The van der Waals surface area contributed by atoms with Crippen molar-refractivity contribution in [3.8, 4) is 0 Å². The van der Waals surface area contributed by atoms with Crippen LogP contribution in [0.5, 0.6) is 0 Å². The summed E-state index contributed by atoms with van der Waals surface area (Å²) in [5.41, 5.74) is 2.90. The number of carbonyl (C=O) groups excluding carboxylic acids is 1. The van der Waals surface area contributed by atoms with Crippen LogP contribution in [-0.2, 0) is 16.6 Å². The van der Waals surface area contributed by atoms with Gasteiger partial charge in [-0.2, -0.15) is 9.40 Å². The first-order chi connectivity index (χ1) is 15.8. The largest absolute Gasteiger partial charge is 0.307 e. The molecular formula is C25H30N4O3S. The molecule has 0 spiro atoms. The third-order valence-corrected chi connectivity index (χ3v) is 8.13. The molecule has 1 atom stereocenters. The van der Waals surface area contributed by atoms with E-state index in [2.05, 4.69) is 10.4 Å². The lowest BCUT2D eigenvalue weighted by Gasteiger charge is -2.32. The van der Waals surface area contributed by atoms with Crippen molar-refractivity contribution >= 4 is 21.7 Å². The van der Waals surface area contributed by atoms with Gasteiger partial charge in [-0.05, 0) is 56.9 Å². The van der Waals surface area contributed by atoms with Gasteiger partial charge in [-0.25, -0.2) is 13.1 Å². The minimum atomic E-state index is -3.67. The number of benzene rings is 2. The SMILES string of the molecule is Cc1cc(NC(=O)c2cc(S(=O)(=O)N3CCCCC3C)ccc2C)n(Cc2ccccc2)n1. The number of aromatic nitrogens is 2. The van der Waals surface area contributed by atoms with Gasteiger partial charge in [0.05, 0.1) is 17.1 Å². The molecule has 2 aromatic carbocycles. The highest BCUT2D eigenvalue weighted by atomic mass is 32.2. The van der Waals surface area contributed by atoms with E-state index in [0.29, 0.717) is 30.0 Å². The average Bonchev–Trinajstić information content (AvgIpc) is 3.13. The maximum absolute atomic E-state index is 13.3. The molecule has 1 aromatic heterocycles. The van der Waals surface area contributed by atoms with E-state index in [4.69, 9.17) is 0 Å².